The topological polar surface area (TPSA) is 93.7 Å². The summed E-state index contributed by atoms with van der Waals surface area (Å²) in [4.78, 5) is 11.7. The number of methoxy groups -OCH3 is 2. The predicted molar refractivity (Wildman–Crippen MR) is 88.3 cm³/mol. The number of aryl methyl sites for hydroxylation is 1. The lowest BCUT2D eigenvalue weighted by Crippen LogP contribution is -2.32. The third kappa shape index (κ3) is 6.87. The maximum Gasteiger partial charge on any atom is 0.220 e. The summed E-state index contributed by atoms with van der Waals surface area (Å²) in [5.74, 6) is 1.05. The van der Waals surface area contributed by atoms with Crippen LogP contribution >= 0.6 is 0 Å². The van der Waals surface area contributed by atoms with E-state index >= 15 is 0 Å². The second kappa shape index (κ2) is 9.36. The molecule has 0 aromatic heterocycles. The first-order valence-corrected chi connectivity index (χ1v) is 8.96. The number of amides is 1. The van der Waals surface area contributed by atoms with Gasteiger partial charge in [-0.2, -0.15) is 0 Å². The fourth-order valence-corrected chi connectivity index (χ4v) is 2.58. The van der Waals surface area contributed by atoms with Crippen LogP contribution in [0.5, 0.6) is 11.5 Å². The number of hydrogen-bond donors (Lipinski definition) is 2. The fourth-order valence-electron chi connectivity index (χ4n) is 2.00. The Balaban J connectivity index is 2.35. The average Bonchev–Trinajstić information content (AvgIpc) is 2.54. The van der Waals surface area contributed by atoms with E-state index in [2.05, 4.69) is 10.0 Å². The second-order valence-corrected chi connectivity index (χ2v) is 6.96. The molecule has 0 aliphatic heterocycles. The summed E-state index contributed by atoms with van der Waals surface area (Å²) in [5, 5.41) is 2.60. The Hall–Kier alpha value is -1.80. The Morgan fingerprint density at radius 1 is 1.17 bits per heavy atom. The maximum atomic E-state index is 11.7. The summed E-state index contributed by atoms with van der Waals surface area (Å²) >= 11 is 0. The van der Waals surface area contributed by atoms with Crippen LogP contribution in [-0.4, -0.2) is 47.9 Å². The molecule has 1 amide bonds. The Bertz CT molecular complexity index is 616. The fraction of sp³-hybridized carbons (Fsp3) is 0.533. The Kier molecular flexibility index (Phi) is 7.84. The summed E-state index contributed by atoms with van der Waals surface area (Å²) in [6.45, 7) is 0.109. The van der Waals surface area contributed by atoms with Gasteiger partial charge in [-0.3, -0.25) is 4.79 Å². The number of hydrogen-bond acceptors (Lipinski definition) is 5. The third-order valence-electron chi connectivity index (χ3n) is 3.32. The van der Waals surface area contributed by atoms with Crippen LogP contribution in [-0.2, 0) is 21.2 Å². The average molecular weight is 344 g/mol. The number of sulfonamides is 1. The molecule has 0 radical (unpaired) electrons. The van der Waals surface area contributed by atoms with Gasteiger partial charge in [-0.15, -0.1) is 0 Å². The van der Waals surface area contributed by atoms with E-state index < -0.39 is 10.0 Å². The minimum Gasteiger partial charge on any atom is -0.493 e. The highest BCUT2D eigenvalue weighted by atomic mass is 32.2. The molecule has 23 heavy (non-hydrogen) atoms. The molecule has 8 heteroatoms. The van der Waals surface area contributed by atoms with Gasteiger partial charge in [0.15, 0.2) is 11.5 Å². The van der Waals surface area contributed by atoms with Crippen LogP contribution in [0.1, 0.15) is 18.4 Å². The first-order chi connectivity index (χ1) is 10.9. The van der Waals surface area contributed by atoms with Gasteiger partial charge in [0.05, 0.1) is 20.0 Å². The highest BCUT2D eigenvalue weighted by Crippen LogP contribution is 2.28. The largest absolute Gasteiger partial charge is 0.493 e. The monoisotopic (exact) mass is 344 g/mol. The van der Waals surface area contributed by atoms with Gasteiger partial charge >= 0.3 is 0 Å². The number of carbonyl (C=O) groups excluding carboxylic acids is 1. The molecule has 0 bridgehead atoms. The molecule has 7 nitrogen and oxygen atoms in total. The number of nitrogens with one attached hydrogen (secondary N) is 2. The van der Waals surface area contributed by atoms with E-state index in [1.165, 1.54) is 7.05 Å². The smallest absolute Gasteiger partial charge is 0.220 e. The number of carbonyl (C=O) groups is 1. The van der Waals surface area contributed by atoms with E-state index in [1.807, 2.05) is 18.2 Å². The van der Waals surface area contributed by atoms with Crippen molar-refractivity contribution in [3.8, 4) is 11.5 Å². The van der Waals surface area contributed by atoms with Crippen molar-refractivity contribution in [2.24, 2.45) is 0 Å². The summed E-state index contributed by atoms with van der Waals surface area (Å²) in [6, 6.07) is 5.64. The molecule has 1 aromatic carbocycles. The standard InChI is InChI=1S/C15H24N2O5S/c1-16-23(19,20)10-9-17-15(18)6-4-5-12-7-8-13(21-2)14(11-12)22-3/h7-8,11,16H,4-6,9-10H2,1-3H3,(H,17,18). The van der Waals surface area contributed by atoms with Crippen LogP contribution in [0.4, 0.5) is 0 Å². The van der Waals surface area contributed by atoms with Crippen molar-refractivity contribution in [3.63, 3.8) is 0 Å². The van der Waals surface area contributed by atoms with E-state index in [4.69, 9.17) is 9.47 Å². The molecule has 0 atom stereocenters. The van der Waals surface area contributed by atoms with Gasteiger partial charge in [0.1, 0.15) is 0 Å². The van der Waals surface area contributed by atoms with Gasteiger partial charge in [-0.05, 0) is 37.6 Å². The van der Waals surface area contributed by atoms with Gasteiger partial charge in [-0.25, -0.2) is 13.1 Å². The molecule has 0 saturated heterocycles. The van der Waals surface area contributed by atoms with Crippen molar-refractivity contribution < 1.29 is 22.7 Å². The van der Waals surface area contributed by atoms with Crippen molar-refractivity contribution >= 4 is 15.9 Å². The van der Waals surface area contributed by atoms with Crippen molar-refractivity contribution in [2.75, 3.05) is 33.6 Å². The zero-order valence-electron chi connectivity index (χ0n) is 13.7. The first kappa shape index (κ1) is 19.2. The van der Waals surface area contributed by atoms with E-state index in [-0.39, 0.29) is 18.2 Å². The lowest BCUT2D eigenvalue weighted by Gasteiger charge is -2.09. The van der Waals surface area contributed by atoms with Crippen LogP contribution in [0.15, 0.2) is 18.2 Å². The molecule has 130 valence electrons. The van der Waals surface area contributed by atoms with Crippen LogP contribution in [0.3, 0.4) is 0 Å². The normalized spacial score (nSPS) is 11.1. The summed E-state index contributed by atoms with van der Waals surface area (Å²) in [7, 11) is 1.22. The maximum absolute atomic E-state index is 11.7. The lowest BCUT2D eigenvalue weighted by atomic mass is 10.1. The Morgan fingerprint density at radius 2 is 1.87 bits per heavy atom. The van der Waals surface area contributed by atoms with E-state index in [0.29, 0.717) is 24.3 Å². The number of benzene rings is 1. The van der Waals surface area contributed by atoms with E-state index in [9.17, 15) is 13.2 Å². The van der Waals surface area contributed by atoms with Crippen LogP contribution in [0, 0.1) is 0 Å². The van der Waals surface area contributed by atoms with Crippen molar-refractivity contribution in [1.82, 2.24) is 10.0 Å². The second-order valence-electron chi connectivity index (χ2n) is 4.92. The quantitative estimate of drug-likeness (QED) is 0.651. The molecule has 0 saturated carbocycles. The van der Waals surface area contributed by atoms with Crippen LogP contribution in [0.2, 0.25) is 0 Å². The number of rotatable bonds is 10. The van der Waals surface area contributed by atoms with Crippen molar-refractivity contribution in [2.45, 2.75) is 19.3 Å². The van der Waals surface area contributed by atoms with Crippen molar-refractivity contribution in [3.05, 3.63) is 23.8 Å². The zero-order chi connectivity index (χ0) is 17.3. The predicted octanol–water partition coefficient (Wildman–Crippen LogP) is 0.692. The molecule has 0 fully saturated rings. The Labute approximate surface area is 137 Å². The van der Waals surface area contributed by atoms with Gasteiger partial charge in [0, 0.05) is 13.0 Å². The van der Waals surface area contributed by atoms with Crippen LogP contribution < -0.4 is 19.5 Å². The third-order valence-corrected chi connectivity index (χ3v) is 4.68. The summed E-state index contributed by atoms with van der Waals surface area (Å²) in [5.41, 5.74) is 1.05. The minimum absolute atomic E-state index is 0.109. The molecule has 0 aliphatic rings. The Morgan fingerprint density at radius 3 is 2.48 bits per heavy atom. The zero-order valence-corrected chi connectivity index (χ0v) is 14.5. The van der Waals surface area contributed by atoms with Gasteiger partial charge in [0.25, 0.3) is 0 Å². The van der Waals surface area contributed by atoms with Crippen molar-refractivity contribution in [1.29, 1.82) is 0 Å². The molecular weight excluding hydrogens is 320 g/mol. The summed E-state index contributed by atoms with van der Waals surface area (Å²) in [6.07, 6.45) is 1.73. The first-order valence-electron chi connectivity index (χ1n) is 7.30. The van der Waals surface area contributed by atoms with E-state index in [0.717, 1.165) is 12.0 Å². The molecule has 0 heterocycles. The van der Waals surface area contributed by atoms with Gasteiger partial charge < -0.3 is 14.8 Å². The molecule has 0 aliphatic carbocycles. The minimum atomic E-state index is -3.28. The van der Waals surface area contributed by atoms with Gasteiger partial charge in [-0.1, -0.05) is 6.07 Å². The molecular formula is C15H24N2O5S. The molecule has 0 spiro atoms. The number of ether oxygens (including phenoxy) is 2. The highest BCUT2D eigenvalue weighted by Gasteiger charge is 2.09. The van der Waals surface area contributed by atoms with Gasteiger partial charge in [0.2, 0.25) is 15.9 Å². The van der Waals surface area contributed by atoms with E-state index in [1.54, 1.807) is 14.2 Å². The highest BCUT2D eigenvalue weighted by molar-refractivity contribution is 7.89. The summed E-state index contributed by atoms with van der Waals surface area (Å²) < 4.78 is 35.0. The molecule has 1 aromatic rings. The molecule has 1 rings (SSSR count). The lowest BCUT2D eigenvalue weighted by molar-refractivity contribution is -0.121. The molecule has 0 unspecified atom stereocenters. The van der Waals surface area contributed by atoms with Crippen LogP contribution in [0.25, 0.3) is 0 Å². The SMILES string of the molecule is CNS(=O)(=O)CCNC(=O)CCCc1ccc(OC)c(OC)c1. The molecule has 2 N–H and O–H groups in total.